The number of hydrogen-bond donors (Lipinski definition) is 1. The number of nitrogens with zero attached hydrogens (tertiary/aromatic N) is 1. The van der Waals surface area contributed by atoms with Crippen molar-refractivity contribution in [3.05, 3.63) is 40.9 Å². The molecule has 0 saturated carbocycles. The Labute approximate surface area is 123 Å². The van der Waals surface area contributed by atoms with E-state index in [0.717, 1.165) is 18.7 Å². The van der Waals surface area contributed by atoms with E-state index in [-0.39, 0.29) is 18.1 Å². The molecule has 2 atom stereocenters. The van der Waals surface area contributed by atoms with Crippen LogP contribution in [-0.4, -0.2) is 49.2 Å². The van der Waals surface area contributed by atoms with Gasteiger partial charge in [-0.3, -0.25) is 4.79 Å². The van der Waals surface area contributed by atoms with Gasteiger partial charge in [-0.2, -0.15) is 0 Å². The van der Waals surface area contributed by atoms with E-state index in [9.17, 15) is 4.79 Å². The highest BCUT2D eigenvalue weighted by molar-refractivity contribution is 6.32. The molecule has 20 heavy (non-hydrogen) atoms. The van der Waals surface area contributed by atoms with Crippen LogP contribution in [0.15, 0.2) is 30.3 Å². The zero-order valence-electron chi connectivity index (χ0n) is 11.1. The first-order valence-electron chi connectivity index (χ1n) is 6.81. The van der Waals surface area contributed by atoms with Gasteiger partial charge in [0.25, 0.3) is 0 Å². The monoisotopic (exact) mass is 292 g/mol. The van der Waals surface area contributed by atoms with Crippen molar-refractivity contribution in [3.63, 3.8) is 0 Å². The SMILES string of the molecule is O=C(/C=C/c1ccccc1Cl)N1CCO[C@H]2CNC[C@H]21. The van der Waals surface area contributed by atoms with Crippen LogP contribution in [0, 0.1) is 0 Å². The largest absolute Gasteiger partial charge is 0.373 e. The van der Waals surface area contributed by atoms with Gasteiger partial charge < -0.3 is 15.0 Å². The third kappa shape index (κ3) is 2.73. The van der Waals surface area contributed by atoms with E-state index in [1.54, 1.807) is 12.2 Å². The van der Waals surface area contributed by atoms with Crippen molar-refractivity contribution in [2.24, 2.45) is 0 Å². The summed E-state index contributed by atoms with van der Waals surface area (Å²) in [6.45, 7) is 2.88. The molecule has 0 bridgehead atoms. The fourth-order valence-corrected chi connectivity index (χ4v) is 2.93. The van der Waals surface area contributed by atoms with E-state index in [1.165, 1.54) is 0 Å². The Morgan fingerprint density at radius 2 is 2.25 bits per heavy atom. The molecule has 0 aromatic heterocycles. The van der Waals surface area contributed by atoms with Crippen LogP contribution in [0.4, 0.5) is 0 Å². The number of amides is 1. The summed E-state index contributed by atoms with van der Waals surface area (Å²) < 4.78 is 5.66. The Morgan fingerprint density at radius 1 is 1.40 bits per heavy atom. The van der Waals surface area contributed by atoms with Crippen LogP contribution in [-0.2, 0) is 9.53 Å². The number of halogens is 1. The molecular weight excluding hydrogens is 276 g/mol. The zero-order chi connectivity index (χ0) is 13.9. The van der Waals surface area contributed by atoms with Gasteiger partial charge in [-0.1, -0.05) is 29.8 Å². The molecule has 4 nitrogen and oxygen atoms in total. The Morgan fingerprint density at radius 3 is 3.10 bits per heavy atom. The summed E-state index contributed by atoms with van der Waals surface area (Å²) in [4.78, 5) is 14.2. The predicted molar refractivity (Wildman–Crippen MR) is 78.6 cm³/mol. The zero-order valence-corrected chi connectivity index (χ0v) is 11.8. The first-order valence-corrected chi connectivity index (χ1v) is 7.19. The fourth-order valence-electron chi connectivity index (χ4n) is 2.73. The van der Waals surface area contributed by atoms with Crippen LogP contribution < -0.4 is 5.32 Å². The van der Waals surface area contributed by atoms with Crippen molar-refractivity contribution in [1.82, 2.24) is 10.2 Å². The molecule has 2 aliphatic heterocycles. The van der Waals surface area contributed by atoms with E-state index >= 15 is 0 Å². The average molecular weight is 293 g/mol. The summed E-state index contributed by atoms with van der Waals surface area (Å²) in [6.07, 6.45) is 3.50. The maximum Gasteiger partial charge on any atom is 0.247 e. The Kier molecular flexibility index (Phi) is 4.05. The first-order chi connectivity index (χ1) is 9.75. The molecule has 0 radical (unpaired) electrons. The molecule has 5 heteroatoms. The maximum atomic E-state index is 12.3. The van der Waals surface area contributed by atoms with Crippen LogP contribution in [0.1, 0.15) is 5.56 Å². The number of carbonyl (C=O) groups is 1. The molecule has 106 valence electrons. The molecule has 0 unspecified atom stereocenters. The molecule has 1 aromatic rings. The van der Waals surface area contributed by atoms with E-state index in [0.29, 0.717) is 18.2 Å². The number of morpholine rings is 1. The van der Waals surface area contributed by atoms with Crippen molar-refractivity contribution in [1.29, 1.82) is 0 Å². The van der Waals surface area contributed by atoms with Gasteiger partial charge in [0.15, 0.2) is 0 Å². The van der Waals surface area contributed by atoms with E-state index in [1.807, 2.05) is 29.2 Å². The van der Waals surface area contributed by atoms with Gasteiger partial charge in [-0.05, 0) is 17.7 Å². The molecule has 0 spiro atoms. The second-order valence-corrected chi connectivity index (χ2v) is 5.43. The lowest BCUT2D eigenvalue weighted by Gasteiger charge is -2.36. The van der Waals surface area contributed by atoms with Gasteiger partial charge in [-0.15, -0.1) is 0 Å². The van der Waals surface area contributed by atoms with Gasteiger partial charge >= 0.3 is 0 Å². The Balaban J connectivity index is 1.71. The molecule has 1 amide bonds. The number of benzene rings is 1. The second kappa shape index (κ2) is 5.95. The molecule has 3 rings (SSSR count). The minimum Gasteiger partial charge on any atom is -0.373 e. The van der Waals surface area contributed by atoms with Crippen LogP contribution in [0.25, 0.3) is 6.08 Å². The van der Waals surface area contributed by atoms with Gasteiger partial charge in [0.05, 0.1) is 18.8 Å². The number of fused-ring (bicyclic) bond motifs is 1. The molecule has 2 heterocycles. The van der Waals surface area contributed by atoms with Gasteiger partial charge in [0.2, 0.25) is 5.91 Å². The minimum atomic E-state index is 0.0203. The van der Waals surface area contributed by atoms with Crippen molar-refractivity contribution < 1.29 is 9.53 Å². The summed E-state index contributed by atoms with van der Waals surface area (Å²) in [5, 5.41) is 3.92. The maximum absolute atomic E-state index is 12.3. The highest BCUT2D eigenvalue weighted by Gasteiger charge is 2.37. The molecule has 1 N–H and O–H groups in total. The first kappa shape index (κ1) is 13.6. The highest BCUT2D eigenvalue weighted by Crippen LogP contribution is 2.19. The molecular formula is C15H17ClN2O2. The molecule has 0 aliphatic carbocycles. The highest BCUT2D eigenvalue weighted by atomic mass is 35.5. The van der Waals surface area contributed by atoms with Gasteiger partial charge in [-0.25, -0.2) is 0 Å². The van der Waals surface area contributed by atoms with Crippen LogP contribution >= 0.6 is 11.6 Å². The van der Waals surface area contributed by atoms with Crippen molar-refractivity contribution in [2.45, 2.75) is 12.1 Å². The standard InChI is InChI=1S/C15H17ClN2O2/c16-12-4-2-1-3-11(12)5-6-15(19)18-7-8-20-14-10-17-9-13(14)18/h1-6,13-14,17H,7-10H2/b6-5+/t13-,14+/m1/s1. The minimum absolute atomic E-state index is 0.0203. The molecule has 2 aliphatic rings. The number of ether oxygens (including phenoxy) is 1. The molecule has 2 saturated heterocycles. The number of rotatable bonds is 2. The van der Waals surface area contributed by atoms with Crippen molar-refractivity contribution in [2.75, 3.05) is 26.2 Å². The second-order valence-electron chi connectivity index (χ2n) is 5.02. The lowest BCUT2D eigenvalue weighted by molar-refractivity contribution is -0.137. The lowest BCUT2D eigenvalue weighted by Crippen LogP contribution is -2.52. The molecule has 1 aromatic carbocycles. The number of hydrogen-bond acceptors (Lipinski definition) is 3. The van der Waals surface area contributed by atoms with Gasteiger partial charge in [0.1, 0.15) is 0 Å². The summed E-state index contributed by atoms with van der Waals surface area (Å²) in [6, 6.07) is 7.63. The third-order valence-electron chi connectivity index (χ3n) is 3.79. The topological polar surface area (TPSA) is 41.6 Å². The van der Waals surface area contributed by atoms with Crippen LogP contribution in [0.2, 0.25) is 5.02 Å². The normalized spacial score (nSPS) is 25.9. The number of nitrogens with one attached hydrogen (secondary N) is 1. The Bertz CT molecular complexity index is 532. The van der Waals surface area contributed by atoms with Crippen LogP contribution in [0.5, 0.6) is 0 Å². The van der Waals surface area contributed by atoms with E-state index in [4.69, 9.17) is 16.3 Å². The Hall–Kier alpha value is -1.36. The quantitative estimate of drug-likeness (QED) is 0.841. The van der Waals surface area contributed by atoms with E-state index < -0.39 is 0 Å². The molecule has 2 fully saturated rings. The van der Waals surface area contributed by atoms with Crippen molar-refractivity contribution in [3.8, 4) is 0 Å². The average Bonchev–Trinajstić information content (AvgIpc) is 2.94. The predicted octanol–water partition coefficient (Wildman–Crippen LogP) is 1.55. The van der Waals surface area contributed by atoms with Crippen LogP contribution in [0.3, 0.4) is 0 Å². The summed E-state index contributed by atoms with van der Waals surface area (Å²) >= 11 is 6.08. The summed E-state index contributed by atoms with van der Waals surface area (Å²) in [7, 11) is 0. The lowest BCUT2D eigenvalue weighted by atomic mass is 10.1. The number of carbonyl (C=O) groups excluding carboxylic acids is 1. The fraction of sp³-hybridized carbons (Fsp3) is 0.400. The third-order valence-corrected chi connectivity index (χ3v) is 4.13. The summed E-state index contributed by atoms with van der Waals surface area (Å²) in [5.74, 6) is 0.0203. The van der Waals surface area contributed by atoms with Crippen molar-refractivity contribution >= 4 is 23.6 Å². The summed E-state index contributed by atoms with van der Waals surface area (Å²) in [5.41, 5.74) is 0.858. The smallest absolute Gasteiger partial charge is 0.247 e. The van der Waals surface area contributed by atoms with Gasteiger partial charge in [0, 0.05) is 30.7 Å². The van der Waals surface area contributed by atoms with E-state index in [2.05, 4.69) is 5.32 Å².